The number of nitrogens with one attached hydrogen (secondary N) is 3. The molecular formula is C24H27N3O5S. The summed E-state index contributed by atoms with van der Waals surface area (Å²) in [5.41, 5.74) is 2.12. The number of para-hydroxylation sites is 1. The van der Waals surface area contributed by atoms with Gasteiger partial charge in [0.1, 0.15) is 0 Å². The van der Waals surface area contributed by atoms with Gasteiger partial charge in [0.25, 0.3) is 10.0 Å². The van der Waals surface area contributed by atoms with Crippen LogP contribution in [0.4, 0.5) is 21.9 Å². The van der Waals surface area contributed by atoms with Crippen molar-refractivity contribution in [2.45, 2.75) is 25.7 Å². The van der Waals surface area contributed by atoms with Gasteiger partial charge in [-0.2, -0.15) is 0 Å². The fraction of sp³-hybridized carbons (Fsp3) is 0.208. The molecule has 2 amide bonds. The van der Waals surface area contributed by atoms with E-state index in [2.05, 4.69) is 15.4 Å². The molecule has 0 spiro atoms. The summed E-state index contributed by atoms with van der Waals surface area (Å²) in [5, 5.41) is 5.43. The van der Waals surface area contributed by atoms with Gasteiger partial charge in [-0.3, -0.25) is 4.72 Å². The van der Waals surface area contributed by atoms with E-state index >= 15 is 0 Å². The van der Waals surface area contributed by atoms with Crippen LogP contribution >= 0.6 is 0 Å². The SMILES string of the molecule is CCOc1ccc(S(=O)(=O)Nc2cc(NC(=O)Nc3ccccc3)ccc2C)cc1OCC. The Balaban J connectivity index is 1.79. The van der Waals surface area contributed by atoms with Gasteiger partial charge in [0.05, 0.1) is 23.8 Å². The zero-order chi connectivity index (χ0) is 23.8. The molecule has 0 aliphatic carbocycles. The van der Waals surface area contributed by atoms with Crippen molar-refractivity contribution in [2.24, 2.45) is 0 Å². The molecule has 0 aliphatic heterocycles. The van der Waals surface area contributed by atoms with E-state index in [1.807, 2.05) is 32.0 Å². The second-order valence-corrected chi connectivity index (χ2v) is 8.74. The van der Waals surface area contributed by atoms with E-state index in [9.17, 15) is 13.2 Å². The Bertz CT molecular complexity index is 1210. The van der Waals surface area contributed by atoms with Gasteiger partial charge in [-0.15, -0.1) is 0 Å². The molecule has 0 fully saturated rings. The van der Waals surface area contributed by atoms with E-state index in [0.29, 0.717) is 47.3 Å². The van der Waals surface area contributed by atoms with Gasteiger partial charge in [-0.1, -0.05) is 24.3 Å². The summed E-state index contributed by atoms with van der Waals surface area (Å²) >= 11 is 0. The Morgan fingerprint density at radius 3 is 2.18 bits per heavy atom. The van der Waals surface area contributed by atoms with Crippen molar-refractivity contribution in [3.8, 4) is 11.5 Å². The second kappa shape index (κ2) is 10.7. The molecule has 0 saturated heterocycles. The number of ether oxygens (including phenoxy) is 2. The van der Waals surface area contributed by atoms with Crippen LogP contribution in [0.15, 0.2) is 71.6 Å². The van der Waals surface area contributed by atoms with E-state index in [1.165, 1.54) is 12.1 Å². The van der Waals surface area contributed by atoms with E-state index in [0.717, 1.165) is 0 Å². The molecule has 0 heterocycles. The summed E-state index contributed by atoms with van der Waals surface area (Å²) in [6, 6.07) is 18.0. The lowest BCUT2D eigenvalue weighted by Crippen LogP contribution is -2.20. The molecule has 9 heteroatoms. The van der Waals surface area contributed by atoms with Gasteiger partial charge in [0.15, 0.2) is 11.5 Å². The maximum Gasteiger partial charge on any atom is 0.323 e. The highest BCUT2D eigenvalue weighted by Gasteiger charge is 2.19. The molecule has 3 N–H and O–H groups in total. The first-order valence-electron chi connectivity index (χ1n) is 10.5. The predicted molar refractivity (Wildman–Crippen MR) is 130 cm³/mol. The standard InChI is InChI=1S/C24H27N3O5S/c1-4-31-22-14-13-20(16-23(22)32-5-2)33(29,30)27-21-15-19(12-11-17(21)3)26-24(28)25-18-9-7-6-8-10-18/h6-16,27H,4-5H2,1-3H3,(H2,25,26,28). The number of anilines is 3. The summed E-state index contributed by atoms with van der Waals surface area (Å²) in [4.78, 5) is 12.3. The zero-order valence-electron chi connectivity index (χ0n) is 18.7. The van der Waals surface area contributed by atoms with Crippen LogP contribution in [0.25, 0.3) is 0 Å². The van der Waals surface area contributed by atoms with Gasteiger partial charge in [0.2, 0.25) is 0 Å². The number of hydrogen-bond acceptors (Lipinski definition) is 5. The average molecular weight is 470 g/mol. The minimum Gasteiger partial charge on any atom is -0.490 e. The first kappa shape index (κ1) is 23.9. The third kappa shape index (κ3) is 6.39. The highest BCUT2D eigenvalue weighted by atomic mass is 32.2. The van der Waals surface area contributed by atoms with Crippen molar-refractivity contribution < 1.29 is 22.7 Å². The minimum absolute atomic E-state index is 0.0361. The molecule has 8 nitrogen and oxygen atoms in total. The van der Waals surface area contributed by atoms with Crippen LogP contribution in [0.5, 0.6) is 11.5 Å². The average Bonchev–Trinajstić information content (AvgIpc) is 2.78. The van der Waals surface area contributed by atoms with Crippen molar-refractivity contribution in [2.75, 3.05) is 28.6 Å². The number of amides is 2. The van der Waals surface area contributed by atoms with E-state index < -0.39 is 16.1 Å². The fourth-order valence-electron chi connectivity index (χ4n) is 3.03. The maximum absolute atomic E-state index is 13.0. The summed E-state index contributed by atoms with van der Waals surface area (Å²) < 4.78 is 39.7. The molecule has 174 valence electrons. The number of urea groups is 1. The Morgan fingerprint density at radius 2 is 1.48 bits per heavy atom. The molecule has 0 saturated carbocycles. The highest BCUT2D eigenvalue weighted by Crippen LogP contribution is 2.31. The lowest BCUT2D eigenvalue weighted by atomic mass is 10.2. The van der Waals surface area contributed by atoms with Crippen LogP contribution in [-0.4, -0.2) is 27.7 Å². The highest BCUT2D eigenvalue weighted by molar-refractivity contribution is 7.92. The maximum atomic E-state index is 13.0. The molecule has 0 aromatic heterocycles. The molecule has 0 unspecified atom stereocenters. The van der Waals surface area contributed by atoms with Gasteiger partial charge >= 0.3 is 6.03 Å². The second-order valence-electron chi connectivity index (χ2n) is 7.05. The van der Waals surface area contributed by atoms with E-state index in [4.69, 9.17) is 9.47 Å². The van der Waals surface area contributed by atoms with Crippen LogP contribution in [0.3, 0.4) is 0 Å². The Kier molecular flexibility index (Phi) is 7.78. The van der Waals surface area contributed by atoms with Crippen LogP contribution in [-0.2, 0) is 10.0 Å². The molecular weight excluding hydrogens is 442 g/mol. The largest absolute Gasteiger partial charge is 0.490 e. The molecule has 33 heavy (non-hydrogen) atoms. The van der Waals surface area contributed by atoms with Crippen molar-refractivity contribution in [3.05, 3.63) is 72.3 Å². The number of carbonyl (C=O) groups excluding carboxylic acids is 1. The Labute approximate surface area is 194 Å². The zero-order valence-corrected chi connectivity index (χ0v) is 19.5. The van der Waals surface area contributed by atoms with Gasteiger partial charge in [-0.25, -0.2) is 13.2 Å². The third-order valence-electron chi connectivity index (χ3n) is 4.60. The molecule has 3 aromatic carbocycles. The fourth-order valence-corrected chi connectivity index (χ4v) is 4.16. The topological polar surface area (TPSA) is 106 Å². The van der Waals surface area contributed by atoms with E-state index in [1.54, 1.807) is 43.3 Å². The van der Waals surface area contributed by atoms with Crippen molar-refractivity contribution in [1.82, 2.24) is 0 Å². The molecule has 0 aliphatic rings. The number of aryl methyl sites for hydroxylation is 1. The van der Waals surface area contributed by atoms with Gasteiger partial charge in [-0.05, 0) is 62.7 Å². The van der Waals surface area contributed by atoms with Crippen molar-refractivity contribution in [1.29, 1.82) is 0 Å². The van der Waals surface area contributed by atoms with Crippen LogP contribution in [0, 0.1) is 6.92 Å². The summed E-state index contributed by atoms with van der Waals surface area (Å²) in [7, 11) is -3.92. The number of sulfonamides is 1. The molecule has 3 rings (SSSR count). The van der Waals surface area contributed by atoms with Crippen molar-refractivity contribution in [3.63, 3.8) is 0 Å². The molecule has 3 aromatic rings. The first-order valence-corrected chi connectivity index (χ1v) is 12.0. The van der Waals surface area contributed by atoms with Crippen molar-refractivity contribution >= 4 is 33.1 Å². The first-order chi connectivity index (χ1) is 15.8. The molecule has 0 radical (unpaired) electrons. The minimum atomic E-state index is -3.92. The summed E-state index contributed by atoms with van der Waals surface area (Å²) in [6.07, 6.45) is 0. The number of benzene rings is 3. The van der Waals surface area contributed by atoms with Gasteiger partial charge in [0, 0.05) is 17.4 Å². The molecule has 0 bridgehead atoms. The summed E-state index contributed by atoms with van der Waals surface area (Å²) in [6.45, 7) is 6.22. The number of rotatable bonds is 9. The number of carbonyl (C=O) groups is 1. The Morgan fingerprint density at radius 1 is 0.818 bits per heavy atom. The number of hydrogen-bond donors (Lipinski definition) is 3. The molecule has 0 atom stereocenters. The van der Waals surface area contributed by atoms with E-state index in [-0.39, 0.29) is 4.90 Å². The van der Waals surface area contributed by atoms with Crippen LogP contribution < -0.4 is 24.8 Å². The van der Waals surface area contributed by atoms with Crippen LogP contribution in [0.2, 0.25) is 0 Å². The smallest absolute Gasteiger partial charge is 0.323 e. The normalized spacial score (nSPS) is 10.9. The quantitative estimate of drug-likeness (QED) is 0.398. The lowest BCUT2D eigenvalue weighted by Gasteiger charge is -2.15. The monoisotopic (exact) mass is 469 g/mol. The predicted octanol–water partition coefficient (Wildman–Crippen LogP) is 5.24. The Hall–Kier alpha value is -3.72. The van der Waals surface area contributed by atoms with Gasteiger partial charge < -0.3 is 20.1 Å². The van der Waals surface area contributed by atoms with Crippen LogP contribution in [0.1, 0.15) is 19.4 Å². The summed E-state index contributed by atoms with van der Waals surface area (Å²) in [5.74, 6) is 0.831. The lowest BCUT2D eigenvalue weighted by molar-refractivity contribution is 0.262. The third-order valence-corrected chi connectivity index (χ3v) is 5.96.